The molecule has 2 nitrogen and oxygen atoms in total. The molecular formula is C16H19NO. The van der Waals surface area contributed by atoms with Crippen LogP contribution in [0.5, 0.6) is 0 Å². The Morgan fingerprint density at radius 1 is 1.39 bits per heavy atom. The van der Waals surface area contributed by atoms with Gasteiger partial charge in [-0.25, -0.2) is 0 Å². The number of aromatic amines is 1. The molecule has 1 aromatic carbocycles. The first kappa shape index (κ1) is 11.5. The summed E-state index contributed by atoms with van der Waals surface area (Å²) < 4.78 is 0. The maximum atomic E-state index is 12.5. The number of hydrogen-bond acceptors (Lipinski definition) is 1. The number of carbonyl (C=O) groups excluding carboxylic acids is 1. The van der Waals surface area contributed by atoms with Crippen LogP contribution in [0.3, 0.4) is 0 Å². The van der Waals surface area contributed by atoms with Crippen molar-refractivity contribution in [3.8, 4) is 0 Å². The van der Waals surface area contributed by atoms with Crippen molar-refractivity contribution in [2.75, 3.05) is 0 Å². The normalized spacial score (nSPS) is 15.9. The third-order valence-electron chi connectivity index (χ3n) is 4.21. The number of para-hydroxylation sites is 1. The van der Waals surface area contributed by atoms with Crippen molar-refractivity contribution < 1.29 is 4.79 Å². The Labute approximate surface area is 107 Å². The van der Waals surface area contributed by atoms with Gasteiger partial charge in [-0.05, 0) is 31.7 Å². The van der Waals surface area contributed by atoms with Crippen molar-refractivity contribution >= 4 is 16.7 Å². The van der Waals surface area contributed by atoms with Crippen LogP contribution in [0.15, 0.2) is 18.2 Å². The second-order valence-electron chi connectivity index (χ2n) is 5.31. The number of rotatable bonds is 3. The van der Waals surface area contributed by atoms with Gasteiger partial charge in [-0.2, -0.15) is 0 Å². The lowest BCUT2D eigenvalue weighted by atomic mass is 9.79. The Morgan fingerprint density at radius 2 is 2.17 bits per heavy atom. The van der Waals surface area contributed by atoms with Crippen molar-refractivity contribution in [2.24, 2.45) is 5.92 Å². The molecule has 3 rings (SSSR count). The van der Waals surface area contributed by atoms with Gasteiger partial charge in [0.2, 0.25) is 0 Å². The molecule has 2 aromatic rings. The van der Waals surface area contributed by atoms with Gasteiger partial charge in [-0.3, -0.25) is 4.79 Å². The molecular weight excluding hydrogens is 222 g/mol. The highest BCUT2D eigenvalue weighted by atomic mass is 16.1. The molecule has 0 unspecified atom stereocenters. The zero-order valence-corrected chi connectivity index (χ0v) is 11.0. The lowest BCUT2D eigenvalue weighted by molar-refractivity contribution is 0.0856. The van der Waals surface area contributed by atoms with E-state index in [9.17, 15) is 4.79 Å². The molecule has 1 fully saturated rings. The topological polar surface area (TPSA) is 32.9 Å². The van der Waals surface area contributed by atoms with E-state index in [1.54, 1.807) is 0 Å². The third kappa shape index (κ3) is 1.59. The molecule has 1 N–H and O–H groups in total. The highest BCUT2D eigenvalue weighted by Gasteiger charge is 2.29. The van der Waals surface area contributed by atoms with E-state index in [4.69, 9.17) is 0 Å². The molecule has 1 saturated carbocycles. The minimum absolute atomic E-state index is 0.271. The molecule has 1 aromatic heterocycles. The lowest BCUT2D eigenvalue weighted by Crippen LogP contribution is -2.22. The number of carbonyl (C=O) groups is 1. The number of H-pyrrole nitrogens is 1. The van der Waals surface area contributed by atoms with Gasteiger partial charge < -0.3 is 4.98 Å². The number of aromatic nitrogens is 1. The van der Waals surface area contributed by atoms with Gasteiger partial charge in [0.15, 0.2) is 5.78 Å². The molecule has 1 heterocycles. The zero-order valence-electron chi connectivity index (χ0n) is 11.0. The fourth-order valence-electron chi connectivity index (χ4n) is 2.89. The first-order chi connectivity index (χ1) is 8.72. The summed E-state index contributed by atoms with van der Waals surface area (Å²) in [5.74, 6) is 0.617. The number of fused-ring (bicyclic) bond motifs is 1. The minimum atomic E-state index is 0.271. The summed E-state index contributed by atoms with van der Waals surface area (Å²) in [5.41, 5.74) is 4.41. The standard InChI is InChI=1S/C16H19NO/c1-3-11-6-5-9-13-14(10(2)17-15(11)13)16(18)12-7-4-8-12/h5-6,9,12,17H,3-4,7-8H2,1-2H3. The lowest BCUT2D eigenvalue weighted by Gasteiger charge is -2.23. The smallest absolute Gasteiger partial charge is 0.168 e. The fraction of sp³-hybridized carbons (Fsp3) is 0.438. The summed E-state index contributed by atoms with van der Waals surface area (Å²) >= 11 is 0. The summed E-state index contributed by atoms with van der Waals surface area (Å²) in [6.07, 6.45) is 4.34. The predicted molar refractivity (Wildman–Crippen MR) is 74.1 cm³/mol. The van der Waals surface area contributed by atoms with Crippen molar-refractivity contribution in [1.29, 1.82) is 0 Å². The molecule has 1 aliphatic rings. The first-order valence-electron chi connectivity index (χ1n) is 6.86. The van der Waals surface area contributed by atoms with Crippen LogP contribution in [0.1, 0.15) is 47.8 Å². The maximum Gasteiger partial charge on any atom is 0.168 e. The van der Waals surface area contributed by atoms with E-state index >= 15 is 0 Å². The SMILES string of the molecule is CCc1cccc2c(C(=O)C3CCC3)c(C)[nH]c12. The number of ketones is 1. The van der Waals surface area contributed by atoms with E-state index in [1.807, 2.05) is 6.92 Å². The number of aryl methyl sites for hydroxylation is 2. The number of hydrogen-bond donors (Lipinski definition) is 1. The van der Waals surface area contributed by atoms with Crippen molar-refractivity contribution in [2.45, 2.75) is 39.5 Å². The number of nitrogens with one attached hydrogen (secondary N) is 1. The van der Waals surface area contributed by atoms with Gasteiger partial charge in [-0.1, -0.05) is 31.5 Å². The first-order valence-corrected chi connectivity index (χ1v) is 6.86. The average Bonchev–Trinajstić information content (AvgIpc) is 2.62. The van der Waals surface area contributed by atoms with Gasteiger partial charge in [0, 0.05) is 28.1 Å². The molecule has 94 valence electrons. The summed E-state index contributed by atoms with van der Waals surface area (Å²) in [6.45, 7) is 4.17. The quantitative estimate of drug-likeness (QED) is 0.809. The molecule has 2 heteroatoms. The van der Waals surface area contributed by atoms with Crippen molar-refractivity contribution in [3.05, 3.63) is 35.0 Å². The summed E-state index contributed by atoms with van der Waals surface area (Å²) in [4.78, 5) is 15.9. The molecule has 0 amide bonds. The van der Waals surface area contributed by atoms with Crippen LogP contribution in [0.4, 0.5) is 0 Å². The highest BCUT2D eigenvalue weighted by Crippen LogP contribution is 2.34. The van der Waals surface area contributed by atoms with Crippen molar-refractivity contribution in [3.63, 3.8) is 0 Å². The molecule has 18 heavy (non-hydrogen) atoms. The Morgan fingerprint density at radius 3 is 2.78 bits per heavy atom. The molecule has 0 spiro atoms. The van der Waals surface area contributed by atoms with Gasteiger partial charge in [0.1, 0.15) is 0 Å². The summed E-state index contributed by atoms with van der Waals surface area (Å²) in [5, 5.41) is 1.11. The van der Waals surface area contributed by atoms with Crippen LogP contribution >= 0.6 is 0 Å². The van der Waals surface area contributed by atoms with Gasteiger partial charge >= 0.3 is 0 Å². The second-order valence-corrected chi connectivity index (χ2v) is 5.31. The summed E-state index contributed by atoms with van der Waals surface area (Å²) in [7, 11) is 0. The molecule has 0 saturated heterocycles. The average molecular weight is 241 g/mol. The Bertz CT molecular complexity index is 605. The largest absolute Gasteiger partial charge is 0.358 e. The van der Waals surface area contributed by atoms with Gasteiger partial charge in [0.25, 0.3) is 0 Å². The van der Waals surface area contributed by atoms with E-state index in [0.717, 1.165) is 41.4 Å². The second kappa shape index (κ2) is 4.27. The van der Waals surface area contributed by atoms with Crippen LogP contribution in [0.25, 0.3) is 10.9 Å². The Kier molecular flexibility index (Phi) is 2.73. The minimum Gasteiger partial charge on any atom is -0.358 e. The fourth-order valence-corrected chi connectivity index (χ4v) is 2.89. The van der Waals surface area contributed by atoms with Crippen molar-refractivity contribution in [1.82, 2.24) is 4.98 Å². The summed E-state index contributed by atoms with van der Waals surface area (Å²) in [6, 6.07) is 6.27. The Balaban J connectivity index is 2.16. The van der Waals surface area contributed by atoms with E-state index in [1.165, 1.54) is 12.0 Å². The van der Waals surface area contributed by atoms with Crippen LogP contribution in [-0.4, -0.2) is 10.8 Å². The van der Waals surface area contributed by atoms with Gasteiger partial charge in [-0.15, -0.1) is 0 Å². The number of Topliss-reactive ketones (excluding diaryl/α,β-unsaturated/α-hetero) is 1. The molecule has 0 atom stereocenters. The van der Waals surface area contributed by atoms with Crippen LogP contribution in [0.2, 0.25) is 0 Å². The number of benzene rings is 1. The molecule has 1 aliphatic carbocycles. The van der Waals surface area contributed by atoms with Crippen LogP contribution < -0.4 is 0 Å². The molecule has 0 radical (unpaired) electrons. The Hall–Kier alpha value is -1.57. The predicted octanol–water partition coefficient (Wildman–Crippen LogP) is 4.02. The van der Waals surface area contributed by atoms with Crippen LogP contribution in [-0.2, 0) is 6.42 Å². The monoisotopic (exact) mass is 241 g/mol. The van der Waals surface area contributed by atoms with E-state index in [2.05, 4.69) is 30.1 Å². The molecule has 0 aliphatic heterocycles. The van der Waals surface area contributed by atoms with E-state index < -0.39 is 0 Å². The van der Waals surface area contributed by atoms with E-state index in [-0.39, 0.29) is 5.92 Å². The van der Waals surface area contributed by atoms with Gasteiger partial charge in [0.05, 0.1) is 0 Å². The van der Waals surface area contributed by atoms with Crippen LogP contribution in [0, 0.1) is 12.8 Å². The molecule has 0 bridgehead atoms. The van der Waals surface area contributed by atoms with E-state index in [0.29, 0.717) is 5.78 Å². The zero-order chi connectivity index (χ0) is 12.7. The third-order valence-corrected chi connectivity index (χ3v) is 4.21. The highest BCUT2D eigenvalue weighted by molar-refractivity contribution is 6.11. The maximum absolute atomic E-state index is 12.5.